The van der Waals surface area contributed by atoms with Crippen molar-refractivity contribution in [1.82, 2.24) is 28.6 Å². The summed E-state index contributed by atoms with van der Waals surface area (Å²) in [7, 11) is -3.21. The summed E-state index contributed by atoms with van der Waals surface area (Å²) >= 11 is 1.06. The third-order valence-corrected chi connectivity index (χ3v) is 12.1. The number of aromatic nitrogens is 3. The van der Waals surface area contributed by atoms with Crippen molar-refractivity contribution in [2.24, 2.45) is 0 Å². The number of alkyl halides is 3. The maximum Gasteiger partial charge on any atom is 0.393 e. The molecule has 10 nitrogen and oxygen atoms in total. The van der Waals surface area contributed by atoms with Crippen molar-refractivity contribution in [1.29, 1.82) is 5.26 Å². The second kappa shape index (κ2) is 13.2. The zero-order valence-corrected chi connectivity index (χ0v) is 29.3. The van der Waals surface area contributed by atoms with Gasteiger partial charge in [-0.25, -0.2) is 18.4 Å². The first-order chi connectivity index (χ1) is 22.6. The smallest absolute Gasteiger partial charge is 0.367 e. The molecule has 15 heteroatoms. The summed E-state index contributed by atoms with van der Waals surface area (Å²) in [6.07, 6.45) is -0.839. The molecule has 0 aliphatic carbocycles. The van der Waals surface area contributed by atoms with Crippen LogP contribution in [0.4, 0.5) is 19.0 Å². The Balaban J connectivity index is 1.10. The molecule has 6 rings (SSSR count). The van der Waals surface area contributed by atoms with Crippen LogP contribution >= 0.6 is 11.3 Å². The predicted molar refractivity (Wildman–Crippen MR) is 183 cm³/mol. The number of thiophene rings is 1. The molecular formula is C33H41F3N8O2S2. The summed E-state index contributed by atoms with van der Waals surface area (Å²) in [4.78, 5) is 14.0. The summed E-state index contributed by atoms with van der Waals surface area (Å²) < 4.78 is 66.5. The van der Waals surface area contributed by atoms with Crippen LogP contribution in [-0.4, -0.2) is 100 Å². The zero-order valence-electron chi connectivity index (χ0n) is 27.6. The van der Waals surface area contributed by atoms with Crippen LogP contribution in [0.5, 0.6) is 0 Å². The average Bonchev–Trinajstić information content (AvgIpc) is 3.59. The fourth-order valence-electron chi connectivity index (χ4n) is 7.04. The molecule has 0 atom stereocenters. The number of piperidine rings is 1. The Kier molecular flexibility index (Phi) is 9.51. The summed E-state index contributed by atoms with van der Waals surface area (Å²) in [6.45, 7) is 11.7. The first-order valence-electron chi connectivity index (χ1n) is 16.1. The molecule has 1 N–H and O–H groups in total. The van der Waals surface area contributed by atoms with E-state index in [1.807, 2.05) is 6.07 Å². The fraction of sp³-hybridized carbons (Fsp3) is 0.545. The van der Waals surface area contributed by atoms with Gasteiger partial charge >= 0.3 is 6.18 Å². The Bertz CT molecular complexity index is 1950. The molecule has 2 fully saturated rings. The highest BCUT2D eigenvalue weighted by Gasteiger charge is 2.34. The van der Waals surface area contributed by atoms with Gasteiger partial charge in [-0.05, 0) is 62.9 Å². The highest BCUT2D eigenvalue weighted by atomic mass is 32.2. The fourth-order valence-corrected chi connectivity index (χ4v) is 8.90. The number of piperazine rings is 1. The van der Waals surface area contributed by atoms with E-state index in [0.29, 0.717) is 54.5 Å². The van der Waals surface area contributed by atoms with E-state index in [9.17, 15) is 26.9 Å². The molecule has 2 aliphatic heterocycles. The number of halogens is 3. The summed E-state index contributed by atoms with van der Waals surface area (Å²) in [5.74, 6) is 0.585. The lowest BCUT2D eigenvalue weighted by atomic mass is 10.00. The molecule has 1 aromatic carbocycles. The molecule has 0 spiro atoms. The second-order valence-electron chi connectivity index (χ2n) is 13.6. The Morgan fingerprint density at radius 2 is 1.75 bits per heavy atom. The van der Waals surface area contributed by atoms with Gasteiger partial charge in [-0.3, -0.25) is 9.80 Å². The van der Waals surface area contributed by atoms with Gasteiger partial charge in [0.25, 0.3) is 0 Å². The van der Waals surface area contributed by atoms with E-state index in [4.69, 9.17) is 0 Å². The van der Waals surface area contributed by atoms with Gasteiger partial charge in [-0.15, -0.1) is 11.3 Å². The number of aryl methyl sites for hydroxylation is 1. The lowest BCUT2D eigenvalue weighted by Gasteiger charge is -2.43. The molecule has 258 valence electrons. The number of hydrogen-bond acceptors (Lipinski definition) is 9. The largest absolute Gasteiger partial charge is 0.393 e. The van der Waals surface area contributed by atoms with Crippen molar-refractivity contribution in [2.75, 3.05) is 50.8 Å². The van der Waals surface area contributed by atoms with Crippen LogP contribution in [0.25, 0.3) is 21.1 Å². The predicted octanol–water partition coefficient (Wildman–Crippen LogP) is 5.36. The summed E-state index contributed by atoms with van der Waals surface area (Å²) in [6, 6.07) is 10.3. The van der Waals surface area contributed by atoms with Gasteiger partial charge < -0.3 is 9.88 Å². The third-order valence-electron chi connectivity index (χ3n) is 9.77. The van der Waals surface area contributed by atoms with Crippen molar-refractivity contribution in [2.45, 2.75) is 70.9 Å². The molecule has 5 heterocycles. The highest BCUT2D eigenvalue weighted by molar-refractivity contribution is 7.88. The molecule has 0 bridgehead atoms. The van der Waals surface area contributed by atoms with Crippen LogP contribution in [-0.2, 0) is 29.5 Å². The van der Waals surface area contributed by atoms with Crippen LogP contribution in [0.15, 0.2) is 30.6 Å². The number of hydrogen-bond donors (Lipinski definition) is 1. The molecule has 0 saturated carbocycles. The first kappa shape index (κ1) is 34.6. The summed E-state index contributed by atoms with van der Waals surface area (Å²) in [5.41, 5.74) is 3.69. The quantitative estimate of drug-likeness (QED) is 0.248. The second-order valence-corrected chi connectivity index (χ2v) is 16.7. The van der Waals surface area contributed by atoms with Gasteiger partial charge in [0.05, 0.1) is 18.1 Å². The zero-order chi connectivity index (χ0) is 34.4. The van der Waals surface area contributed by atoms with Crippen LogP contribution in [0.3, 0.4) is 0 Å². The number of anilines is 1. The molecule has 0 radical (unpaired) electrons. The van der Waals surface area contributed by atoms with Crippen molar-refractivity contribution in [3.05, 3.63) is 52.3 Å². The van der Waals surface area contributed by atoms with Crippen LogP contribution in [0.2, 0.25) is 0 Å². The van der Waals surface area contributed by atoms with Crippen molar-refractivity contribution in [3.8, 4) is 6.07 Å². The first-order valence-corrected chi connectivity index (χ1v) is 18.8. The average molecular weight is 703 g/mol. The van der Waals surface area contributed by atoms with Gasteiger partial charge in [0, 0.05) is 79.7 Å². The maximum absolute atomic E-state index is 13.0. The van der Waals surface area contributed by atoms with Gasteiger partial charge in [0.15, 0.2) is 0 Å². The minimum Gasteiger partial charge on any atom is -0.367 e. The lowest BCUT2D eigenvalue weighted by molar-refractivity contribution is -0.126. The minimum absolute atomic E-state index is 0.152. The van der Waals surface area contributed by atoms with Crippen molar-refractivity contribution < 1.29 is 21.6 Å². The van der Waals surface area contributed by atoms with Crippen LogP contribution < -0.4 is 5.32 Å². The number of rotatable bonds is 9. The van der Waals surface area contributed by atoms with E-state index in [0.717, 1.165) is 60.3 Å². The monoisotopic (exact) mass is 702 g/mol. The molecule has 48 heavy (non-hydrogen) atoms. The highest BCUT2D eigenvalue weighted by Crippen LogP contribution is 2.34. The Hall–Kier alpha value is -3.29. The SMILES string of the molecule is Cc1c(CN2CCC(Nc3ncnc4sc(CC(F)(F)F)cc34)CC2)ccc2c1cc(C#N)n2CC(C)(C)N1CCN(S(C)(=O)=O)CC1. The van der Waals surface area contributed by atoms with E-state index in [1.54, 1.807) is 6.07 Å². The number of likely N-dealkylation sites (tertiary alicyclic amines) is 1. The number of sulfonamides is 1. The topological polar surface area (TPSA) is 110 Å². The van der Waals surface area contributed by atoms with E-state index >= 15 is 0 Å². The van der Waals surface area contributed by atoms with Gasteiger partial charge in [-0.1, -0.05) is 6.07 Å². The van der Waals surface area contributed by atoms with E-state index < -0.39 is 22.6 Å². The normalized spacial score (nSPS) is 18.1. The number of nitrogens with zero attached hydrogens (tertiary/aromatic N) is 7. The Morgan fingerprint density at radius 1 is 1.04 bits per heavy atom. The number of fused-ring (bicyclic) bond motifs is 2. The van der Waals surface area contributed by atoms with E-state index in [1.165, 1.54) is 22.5 Å². The van der Waals surface area contributed by atoms with E-state index in [-0.39, 0.29) is 16.5 Å². The van der Waals surface area contributed by atoms with Crippen molar-refractivity contribution >= 4 is 48.3 Å². The molecule has 2 aliphatic rings. The molecule has 0 amide bonds. The standard InChI is InChI=1S/C33H41F3N8O2S2/c1-22-23(19-41-9-7-24(8-10-41)40-30-28-16-26(17-33(34,35)36)47-31(28)39-21-38-30)5-6-29-27(22)15-25(18-37)44(29)20-32(2,3)42-11-13-43(14-12-42)48(4,45)46/h5-6,15-16,21,24H,7-14,17,19-20H2,1-4H3,(H,38,39,40). The van der Waals surface area contributed by atoms with Crippen LogP contribution in [0, 0.1) is 18.3 Å². The molecule has 4 aromatic rings. The molecule has 0 unspecified atom stereocenters. The minimum atomic E-state index is -4.27. The third kappa shape index (κ3) is 7.47. The molecular weight excluding hydrogens is 662 g/mol. The molecule has 3 aromatic heterocycles. The Labute approximate surface area is 283 Å². The number of benzene rings is 1. The van der Waals surface area contributed by atoms with Gasteiger partial charge in [0.1, 0.15) is 28.7 Å². The Morgan fingerprint density at radius 3 is 2.40 bits per heavy atom. The lowest BCUT2D eigenvalue weighted by Crippen LogP contribution is -2.56. The van der Waals surface area contributed by atoms with Crippen LogP contribution in [0.1, 0.15) is 48.4 Å². The number of nitriles is 1. The summed E-state index contributed by atoms with van der Waals surface area (Å²) in [5, 5.41) is 15.2. The number of nitrogens with one attached hydrogen (secondary N) is 1. The van der Waals surface area contributed by atoms with Crippen molar-refractivity contribution in [3.63, 3.8) is 0 Å². The maximum atomic E-state index is 13.0. The molecule has 2 saturated heterocycles. The van der Waals surface area contributed by atoms with Gasteiger partial charge in [0.2, 0.25) is 10.0 Å². The van der Waals surface area contributed by atoms with Gasteiger partial charge in [-0.2, -0.15) is 22.7 Å². The van der Waals surface area contributed by atoms with E-state index in [2.05, 4.69) is 68.6 Å².